The third-order valence-corrected chi connectivity index (χ3v) is 3.31. The molecule has 1 amide bonds. The molecule has 0 heterocycles. The van der Waals surface area contributed by atoms with Gasteiger partial charge in [0.25, 0.3) is 0 Å². The van der Waals surface area contributed by atoms with E-state index in [0.29, 0.717) is 11.5 Å². The maximum absolute atomic E-state index is 14.2. The number of hydrogen-bond acceptors (Lipinski definition) is 4. The van der Waals surface area contributed by atoms with E-state index in [-0.39, 0.29) is 19.5 Å². The molecule has 2 aromatic rings. The van der Waals surface area contributed by atoms with Gasteiger partial charge in [-0.3, -0.25) is 5.32 Å². The molecule has 2 aromatic carbocycles. The Bertz CT molecular complexity index is 724. The van der Waals surface area contributed by atoms with Crippen LogP contribution in [0.3, 0.4) is 0 Å². The lowest BCUT2D eigenvalue weighted by Crippen LogP contribution is -2.13. The number of benzene rings is 2. The summed E-state index contributed by atoms with van der Waals surface area (Å²) in [6.45, 7) is 3.96. The van der Waals surface area contributed by atoms with Crippen molar-refractivity contribution in [3.8, 4) is 17.2 Å². The smallest absolute Gasteiger partial charge is 0.411 e. The van der Waals surface area contributed by atoms with Crippen LogP contribution in [-0.4, -0.2) is 19.8 Å². The largest absolute Gasteiger partial charge is 0.493 e. The Morgan fingerprint density at radius 2 is 1.88 bits per heavy atom. The normalized spacial score (nSPS) is 10.2. The van der Waals surface area contributed by atoms with Crippen molar-refractivity contribution < 1.29 is 24.8 Å². The van der Waals surface area contributed by atoms with Gasteiger partial charge in [-0.2, -0.15) is 0 Å². The number of nitrogens with one attached hydrogen (secondary N) is 1. The van der Waals surface area contributed by atoms with E-state index in [1.54, 1.807) is 13.0 Å². The van der Waals surface area contributed by atoms with Crippen LogP contribution in [0.15, 0.2) is 36.4 Å². The summed E-state index contributed by atoms with van der Waals surface area (Å²) in [5, 5.41) is 2.43. The highest BCUT2D eigenvalue weighted by molar-refractivity contribution is 5.84. The van der Waals surface area contributed by atoms with Crippen LogP contribution in [0.4, 0.5) is 14.9 Å². The zero-order valence-electron chi connectivity index (χ0n) is 13.9. The van der Waals surface area contributed by atoms with Crippen molar-refractivity contribution in [2.45, 2.75) is 20.3 Å². The van der Waals surface area contributed by atoms with Crippen molar-refractivity contribution in [2.24, 2.45) is 0 Å². The van der Waals surface area contributed by atoms with Gasteiger partial charge in [-0.25, -0.2) is 9.18 Å². The number of anilines is 1. The molecule has 0 saturated heterocycles. The van der Waals surface area contributed by atoms with Gasteiger partial charge >= 0.3 is 6.09 Å². The lowest BCUT2D eigenvalue weighted by atomic mass is 10.1. The van der Waals surface area contributed by atoms with Gasteiger partial charge in [0.15, 0.2) is 23.1 Å². The number of carbonyl (C=O) groups is 1. The van der Waals surface area contributed by atoms with Crippen LogP contribution in [0.25, 0.3) is 0 Å². The number of methoxy groups -OCH3 is 1. The zero-order chi connectivity index (χ0) is 17.5. The average Bonchev–Trinajstić information content (AvgIpc) is 2.57. The van der Waals surface area contributed by atoms with Gasteiger partial charge < -0.3 is 14.2 Å². The molecule has 6 heteroatoms. The van der Waals surface area contributed by atoms with Gasteiger partial charge in [0.1, 0.15) is 0 Å². The predicted octanol–water partition coefficient (Wildman–Crippen LogP) is 5.00. The number of amides is 1. The first-order valence-corrected chi connectivity index (χ1v) is 7.65. The lowest BCUT2D eigenvalue weighted by Gasteiger charge is -2.13. The summed E-state index contributed by atoms with van der Waals surface area (Å²) in [4.78, 5) is 11.3. The number of carbonyl (C=O) groups excluding carboxylic acids is 1. The molecule has 0 fully saturated rings. The van der Waals surface area contributed by atoms with Crippen molar-refractivity contribution in [1.82, 2.24) is 0 Å². The summed E-state index contributed by atoms with van der Waals surface area (Å²) in [7, 11) is 1.53. The fourth-order valence-corrected chi connectivity index (χ4v) is 2.08. The molecule has 0 aromatic heterocycles. The van der Waals surface area contributed by atoms with Gasteiger partial charge in [-0.05, 0) is 43.2 Å². The van der Waals surface area contributed by atoms with Gasteiger partial charge in [-0.1, -0.05) is 13.0 Å². The van der Waals surface area contributed by atoms with Gasteiger partial charge in [0.05, 0.1) is 13.7 Å². The molecule has 1 N–H and O–H groups in total. The third kappa shape index (κ3) is 4.38. The number of ether oxygens (including phenoxy) is 3. The molecule has 0 saturated carbocycles. The Kier molecular flexibility index (Phi) is 6.01. The second-order valence-corrected chi connectivity index (χ2v) is 4.93. The number of halogens is 1. The fraction of sp³-hybridized carbons (Fsp3) is 0.278. The van der Waals surface area contributed by atoms with Gasteiger partial charge in [-0.15, -0.1) is 0 Å². The molecule has 2 rings (SSSR count). The molecule has 0 bridgehead atoms. The highest BCUT2D eigenvalue weighted by atomic mass is 19.1. The fourth-order valence-electron chi connectivity index (χ4n) is 2.08. The summed E-state index contributed by atoms with van der Waals surface area (Å²) in [5.74, 6) is 0.375. The predicted molar refractivity (Wildman–Crippen MR) is 91.6 cm³/mol. The van der Waals surface area contributed by atoms with Crippen molar-refractivity contribution >= 4 is 11.8 Å². The highest BCUT2D eigenvalue weighted by Crippen LogP contribution is 2.34. The second kappa shape index (κ2) is 8.19. The van der Waals surface area contributed by atoms with Crippen LogP contribution in [0.5, 0.6) is 17.2 Å². The highest BCUT2D eigenvalue weighted by Gasteiger charge is 2.12. The van der Waals surface area contributed by atoms with Crippen LogP contribution in [0.2, 0.25) is 0 Å². The molecule has 0 aliphatic heterocycles. The summed E-state index contributed by atoms with van der Waals surface area (Å²) < 4.78 is 29.8. The monoisotopic (exact) mass is 335 g/mol. The van der Waals surface area contributed by atoms with E-state index >= 15 is 0 Å². The van der Waals surface area contributed by atoms with E-state index in [4.69, 9.17) is 14.2 Å². The quantitative estimate of drug-likeness (QED) is 0.807. The third-order valence-electron chi connectivity index (χ3n) is 3.31. The average molecular weight is 335 g/mol. The van der Waals surface area contributed by atoms with Crippen LogP contribution < -0.4 is 14.8 Å². The first-order chi connectivity index (χ1) is 11.6. The summed E-state index contributed by atoms with van der Waals surface area (Å²) >= 11 is 0. The molecule has 5 nitrogen and oxygen atoms in total. The Morgan fingerprint density at radius 1 is 1.12 bits per heavy atom. The first-order valence-electron chi connectivity index (χ1n) is 7.65. The Balaban J connectivity index is 0.00000312. The number of hydrogen-bond donors (Lipinski definition) is 1. The molecular weight excluding hydrogens is 313 g/mol. The van der Waals surface area contributed by atoms with Crippen molar-refractivity contribution in [1.29, 1.82) is 0 Å². The maximum atomic E-state index is 14.2. The molecule has 130 valence electrons. The SMILES string of the molecule is CCOC(=O)Nc1ccc(Oc2ccc(CC)cc2OC)c(F)c1.[HH]. The molecule has 0 aliphatic carbocycles. The Morgan fingerprint density at radius 3 is 2.50 bits per heavy atom. The van der Waals surface area contributed by atoms with E-state index in [1.165, 1.54) is 25.3 Å². The molecule has 0 aliphatic rings. The van der Waals surface area contributed by atoms with Crippen LogP contribution in [0.1, 0.15) is 20.8 Å². The summed E-state index contributed by atoms with van der Waals surface area (Å²) in [6, 6.07) is 9.61. The van der Waals surface area contributed by atoms with Gasteiger partial charge in [0.2, 0.25) is 0 Å². The van der Waals surface area contributed by atoms with E-state index in [9.17, 15) is 9.18 Å². The molecule has 0 unspecified atom stereocenters. The number of aryl methyl sites for hydroxylation is 1. The van der Waals surface area contributed by atoms with Crippen molar-refractivity contribution in [2.75, 3.05) is 19.0 Å². The van der Waals surface area contributed by atoms with E-state index in [1.807, 2.05) is 19.1 Å². The molecule has 0 radical (unpaired) electrons. The minimum absolute atomic E-state index is 0. The number of rotatable bonds is 6. The van der Waals surface area contributed by atoms with E-state index in [2.05, 4.69) is 5.32 Å². The minimum Gasteiger partial charge on any atom is -0.493 e. The maximum Gasteiger partial charge on any atom is 0.411 e. The topological polar surface area (TPSA) is 56.8 Å². The van der Waals surface area contributed by atoms with Gasteiger partial charge in [0, 0.05) is 13.2 Å². The van der Waals surface area contributed by atoms with E-state index < -0.39 is 11.9 Å². The first kappa shape index (κ1) is 17.6. The van der Waals surface area contributed by atoms with Crippen molar-refractivity contribution in [3.05, 3.63) is 47.8 Å². The minimum atomic E-state index is -0.637. The molecular formula is C18H22FNO4. The van der Waals surface area contributed by atoms with E-state index in [0.717, 1.165) is 12.0 Å². The standard InChI is InChI=1S/C18H20FNO4.H2/c1-4-12-6-8-16(17(10-12)22-3)24-15-9-7-13(11-14(15)19)20-18(21)23-5-2;/h6-11H,4-5H2,1-3H3,(H,20,21);1H. The Hall–Kier alpha value is -2.76. The zero-order valence-corrected chi connectivity index (χ0v) is 13.9. The summed E-state index contributed by atoms with van der Waals surface area (Å²) in [6.07, 6.45) is 0.224. The van der Waals surface area contributed by atoms with Crippen LogP contribution >= 0.6 is 0 Å². The molecule has 24 heavy (non-hydrogen) atoms. The lowest BCUT2D eigenvalue weighted by molar-refractivity contribution is 0.168. The summed E-state index contributed by atoms with van der Waals surface area (Å²) in [5.41, 5.74) is 1.38. The van der Waals surface area contributed by atoms with Crippen molar-refractivity contribution in [3.63, 3.8) is 0 Å². The van der Waals surface area contributed by atoms with Crippen LogP contribution in [-0.2, 0) is 11.2 Å². The Labute approximate surface area is 141 Å². The molecule has 0 spiro atoms. The van der Waals surface area contributed by atoms with Crippen LogP contribution in [0, 0.1) is 5.82 Å². The molecule has 0 atom stereocenters. The second-order valence-electron chi connectivity index (χ2n) is 4.93.